The van der Waals surface area contributed by atoms with Crippen LogP contribution in [0.3, 0.4) is 0 Å². The van der Waals surface area contributed by atoms with Gasteiger partial charge in [-0.15, -0.1) is 0 Å². The summed E-state index contributed by atoms with van der Waals surface area (Å²) in [6.07, 6.45) is -1.09. The molecule has 1 atom stereocenters. The Hall–Kier alpha value is -2.81. The minimum absolute atomic E-state index is 0.0819. The Morgan fingerprint density at radius 2 is 1.94 bits per heavy atom. The number of alkyl halides is 3. The molecule has 2 aromatic rings. The molecule has 1 aromatic carbocycles. The summed E-state index contributed by atoms with van der Waals surface area (Å²) < 4.78 is 51.5. The Labute approximate surface area is 191 Å². The largest absolute Gasteiger partial charge is 0.493 e. The number of hydrogen-bond acceptors (Lipinski definition) is 6. The summed E-state index contributed by atoms with van der Waals surface area (Å²) in [6.45, 7) is 1.90. The molecule has 1 aliphatic heterocycles. The van der Waals surface area contributed by atoms with E-state index < -0.39 is 17.7 Å². The summed E-state index contributed by atoms with van der Waals surface area (Å²) in [6, 6.07) is 4.11. The van der Waals surface area contributed by atoms with Crippen LogP contribution in [-0.4, -0.2) is 56.1 Å². The van der Waals surface area contributed by atoms with Crippen LogP contribution in [0.15, 0.2) is 24.4 Å². The number of likely N-dealkylation sites (tertiary alicyclic amines) is 1. The van der Waals surface area contributed by atoms with E-state index in [2.05, 4.69) is 22.2 Å². The van der Waals surface area contributed by atoms with Gasteiger partial charge in [-0.25, -0.2) is 0 Å². The van der Waals surface area contributed by atoms with Gasteiger partial charge in [-0.2, -0.15) is 13.2 Å². The number of halogens is 3. The van der Waals surface area contributed by atoms with Crippen molar-refractivity contribution in [2.45, 2.75) is 37.9 Å². The van der Waals surface area contributed by atoms with Gasteiger partial charge in [-0.05, 0) is 63.2 Å². The van der Waals surface area contributed by atoms with Crippen LogP contribution in [0.2, 0.25) is 0 Å². The quantitative estimate of drug-likeness (QED) is 0.692. The lowest BCUT2D eigenvalue weighted by atomic mass is 9.96. The second-order valence-electron chi connectivity index (χ2n) is 8.70. The lowest BCUT2D eigenvalue weighted by molar-refractivity contribution is -0.138. The number of methoxy groups -OCH3 is 2. The highest BCUT2D eigenvalue weighted by molar-refractivity contribution is 6.05. The Morgan fingerprint density at radius 1 is 1.21 bits per heavy atom. The number of fused-ring (bicyclic) bond motifs is 1. The SMILES string of the molecule is COc1cc2c(c(NC3CCN(C)CC3)c1OC)CC(Cc1ncccc1C(F)(F)F)C2=O. The first-order valence-electron chi connectivity index (χ1n) is 11.0. The molecule has 1 saturated heterocycles. The van der Waals surface area contributed by atoms with E-state index in [1.54, 1.807) is 13.2 Å². The molecule has 0 radical (unpaired) electrons. The first kappa shape index (κ1) is 23.4. The number of nitrogens with zero attached hydrogens (tertiary/aromatic N) is 2. The number of piperidine rings is 1. The predicted molar refractivity (Wildman–Crippen MR) is 118 cm³/mol. The van der Waals surface area contributed by atoms with Gasteiger partial charge in [-0.1, -0.05) is 0 Å². The van der Waals surface area contributed by atoms with Crippen LogP contribution in [0, 0.1) is 5.92 Å². The normalized spacial score (nSPS) is 19.5. The minimum Gasteiger partial charge on any atom is -0.493 e. The Kier molecular flexibility index (Phi) is 6.52. The van der Waals surface area contributed by atoms with Gasteiger partial charge in [0.2, 0.25) is 0 Å². The third-order valence-electron chi connectivity index (χ3n) is 6.57. The predicted octanol–water partition coefficient (Wildman–Crippen LogP) is 4.22. The zero-order valence-corrected chi connectivity index (χ0v) is 19.0. The molecular formula is C24H28F3N3O3. The molecule has 0 bridgehead atoms. The number of anilines is 1. The first-order chi connectivity index (χ1) is 15.7. The topological polar surface area (TPSA) is 63.7 Å². The van der Waals surface area contributed by atoms with Gasteiger partial charge in [0, 0.05) is 30.1 Å². The van der Waals surface area contributed by atoms with Gasteiger partial charge >= 0.3 is 6.18 Å². The van der Waals surface area contributed by atoms with Gasteiger partial charge in [0.1, 0.15) is 0 Å². The van der Waals surface area contributed by atoms with Crippen molar-refractivity contribution >= 4 is 11.5 Å². The zero-order valence-electron chi connectivity index (χ0n) is 19.0. The number of benzene rings is 1. The molecule has 0 spiro atoms. The second kappa shape index (κ2) is 9.21. The van der Waals surface area contributed by atoms with Gasteiger partial charge in [0.25, 0.3) is 0 Å². The van der Waals surface area contributed by atoms with Gasteiger partial charge in [0.05, 0.1) is 31.2 Å². The summed E-state index contributed by atoms with van der Waals surface area (Å²) in [5.41, 5.74) is 1.03. The average molecular weight is 464 g/mol. The molecule has 0 amide bonds. The summed E-state index contributed by atoms with van der Waals surface area (Å²) in [7, 11) is 5.13. The van der Waals surface area contributed by atoms with Crippen molar-refractivity contribution < 1.29 is 27.4 Å². The second-order valence-corrected chi connectivity index (χ2v) is 8.70. The Balaban J connectivity index is 1.67. The van der Waals surface area contributed by atoms with E-state index in [1.165, 1.54) is 19.4 Å². The number of rotatable bonds is 6. The van der Waals surface area contributed by atoms with E-state index in [-0.39, 0.29) is 23.9 Å². The van der Waals surface area contributed by atoms with Crippen molar-refractivity contribution in [1.82, 2.24) is 9.88 Å². The van der Waals surface area contributed by atoms with E-state index in [1.807, 2.05) is 0 Å². The zero-order chi connectivity index (χ0) is 23.8. The van der Waals surface area contributed by atoms with Gasteiger partial charge in [-0.3, -0.25) is 9.78 Å². The number of carbonyl (C=O) groups excluding carboxylic acids is 1. The molecule has 33 heavy (non-hydrogen) atoms. The van der Waals surface area contributed by atoms with E-state index >= 15 is 0 Å². The minimum atomic E-state index is -4.52. The molecule has 1 N–H and O–H groups in total. The molecular weight excluding hydrogens is 435 g/mol. The molecule has 9 heteroatoms. The number of carbonyl (C=O) groups is 1. The third-order valence-corrected chi connectivity index (χ3v) is 6.57. The van der Waals surface area contributed by atoms with Crippen LogP contribution in [-0.2, 0) is 19.0 Å². The molecule has 1 aromatic heterocycles. The maximum atomic E-state index is 13.5. The monoisotopic (exact) mass is 463 g/mol. The highest BCUT2D eigenvalue weighted by atomic mass is 19.4. The summed E-state index contributed by atoms with van der Waals surface area (Å²) in [4.78, 5) is 19.5. The van der Waals surface area contributed by atoms with Crippen LogP contribution in [0.5, 0.6) is 11.5 Å². The highest BCUT2D eigenvalue weighted by Crippen LogP contribution is 2.46. The molecule has 2 aliphatic rings. The first-order valence-corrected chi connectivity index (χ1v) is 11.0. The lowest BCUT2D eigenvalue weighted by Gasteiger charge is -2.31. The molecule has 4 rings (SSSR count). The number of Topliss-reactive ketones (excluding diaryl/α,β-unsaturated/α-hetero) is 1. The molecule has 1 aliphatic carbocycles. The Morgan fingerprint density at radius 3 is 2.58 bits per heavy atom. The van der Waals surface area contributed by atoms with E-state index in [9.17, 15) is 18.0 Å². The smallest absolute Gasteiger partial charge is 0.418 e. The van der Waals surface area contributed by atoms with Crippen LogP contribution in [0.4, 0.5) is 18.9 Å². The van der Waals surface area contributed by atoms with Gasteiger partial charge in [0.15, 0.2) is 17.3 Å². The highest BCUT2D eigenvalue weighted by Gasteiger charge is 2.39. The van der Waals surface area contributed by atoms with Crippen LogP contribution < -0.4 is 14.8 Å². The van der Waals surface area contributed by atoms with E-state index in [0.29, 0.717) is 29.2 Å². The fraction of sp³-hybridized carbons (Fsp3) is 0.500. The molecule has 0 saturated carbocycles. The van der Waals surface area contributed by atoms with Crippen LogP contribution >= 0.6 is 0 Å². The average Bonchev–Trinajstić information content (AvgIpc) is 3.09. The number of hydrogen-bond donors (Lipinski definition) is 1. The third kappa shape index (κ3) is 4.64. The molecule has 2 heterocycles. The fourth-order valence-electron chi connectivity index (χ4n) is 4.79. The van der Waals surface area contributed by atoms with Crippen molar-refractivity contribution in [2.24, 2.45) is 5.92 Å². The van der Waals surface area contributed by atoms with Crippen molar-refractivity contribution in [3.05, 3.63) is 46.8 Å². The van der Waals surface area contributed by atoms with Crippen molar-refractivity contribution in [1.29, 1.82) is 0 Å². The maximum Gasteiger partial charge on any atom is 0.418 e. The maximum absolute atomic E-state index is 13.5. The molecule has 1 unspecified atom stereocenters. The molecule has 1 fully saturated rings. The number of ketones is 1. The number of aromatic nitrogens is 1. The van der Waals surface area contributed by atoms with Crippen molar-refractivity contribution in [2.75, 3.05) is 39.7 Å². The number of ether oxygens (including phenoxy) is 2. The van der Waals surface area contributed by atoms with E-state index in [4.69, 9.17) is 9.47 Å². The summed E-state index contributed by atoms with van der Waals surface area (Å²) in [5.74, 6) is 0.106. The molecule has 178 valence electrons. The van der Waals surface area contributed by atoms with E-state index in [0.717, 1.165) is 37.6 Å². The summed E-state index contributed by atoms with van der Waals surface area (Å²) in [5, 5.41) is 3.56. The van der Waals surface area contributed by atoms with Crippen LogP contribution in [0.25, 0.3) is 0 Å². The van der Waals surface area contributed by atoms with Gasteiger partial charge < -0.3 is 19.7 Å². The van der Waals surface area contributed by atoms with Crippen molar-refractivity contribution in [3.8, 4) is 11.5 Å². The number of pyridine rings is 1. The molecule has 6 nitrogen and oxygen atoms in total. The lowest BCUT2D eigenvalue weighted by Crippen LogP contribution is -2.37. The standard InChI is InChI=1S/C24H28F3N3O3/c1-30-9-6-15(7-10-30)29-21-16-11-14(12-19-18(24(25,26)27)5-4-8-28-19)22(31)17(16)13-20(32-2)23(21)33-3/h4-5,8,13-15,29H,6-7,9-12H2,1-3H3. The fourth-order valence-corrected chi connectivity index (χ4v) is 4.79. The van der Waals surface area contributed by atoms with Crippen molar-refractivity contribution in [3.63, 3.8) is 0 Å². The number of nitrogens with one attached hydrogen (secondary N) is 1. The Bertz CT molecular complexity index is 1030. The van der Waals surface area contributed by atoms with Crippen LogP contribution in [0.1, 0.15) is 40.0 Å². The summed E-state index contributed by atoms with van der Waals surface area (Å²) >= 11 is 0.